The van der Waals surface area contributed by atoms with Gasteiger partial charge in [0, 0.05) is 24.1 Å². The second kappa shape index (κ2) is 4.94. The monoisotopic (exact) mass is 181 g/mol. The summed E-state index contributed by atoms with van der Waals surface area (Å²) < 4.78 is 5.28. The van der Waals surface area contributed by atoms with Gasteiger partial charge in [0.15, 0.2) is 0 Å². The first-order valence-corrected chi connectivity index (χ1v) is 4.41. The summed E-state index contributed by atoms with van der Waals surface area (Å²) >= 11 is 0. The zero-order valence-electron chi connectivity index (χ0n) is 8.08. The molecule has 0 amide bonds. The van der Waals surface area contributed by atoms with E-state index in [2.05, 4.69) is 4.98 Å². The Kier molecular flexibility index (Phi) is 3.86. The molecule has 1 N–H and O–H groups in total. The van der Waals surface area contributed by atoms with Crippen molar-refractivity contribution in [3.63, 3.8) is 0 Å². The number of aliphatic hydroxyl groups is 1. The van der Waals surface area contributed by atoms with Crippen molar-refractivity contribution in [3.8, 4) is 0 Å². The normalized spacial score (nSPS) is 10.4. The van der Waals surface area contributed by atoms with E-state index in [1.54, 1.807) is 6.20 Å². The van der Waals surface area contributed by atoms with Gasteiger partial charge in [0.05, 0.1) is 13.2 Å². The van der Waals surface area contributed by atoms with Crippen LogP contribution in [0.4, 0.5) is 0 Å². The molecule has 3 nitrogen and oxygen atoms in total. The minimum Gasteiger partial charge on any atom is -0.392 e. The molecule has 0 aliphatic heterocycles. The molecule has 13 heavy (non-hydrogen) atoms. The molecule has 0 aliphatic rings. The van der Waals surface area contributed by atoms with E-state index in [1.807, 2.05) is 19.9 Å². The van der Waals surface area contributed by atoms with Gasteiger partial charge in [-0.2, -0.15) is 0 Å². The lowest BCUT2D eigenvalue weighted by atomic mass is 10.1. The van der Waals surface area contributed by atoms with Crippen LogP contribution in [-0.2, 0) is 18.0 Å². The van der Waals surface area contributed by atoms with Crippen molar-refractivity contribution in [2.75, 3.05) is 6.61 Å². The molecule has 1 rings (SSSR count). The van der Waals surface area contributed by atoms with E-state index >= 15 is 0 Å². The van der Waals surface area contributed by atoms with Crippen molar-refractivity contribution < 1.29 is 9.84 Å². The lowest BCUT2D eigenvalue weighted by Gasteiger charge is -2.07. The zero-order valence-corrected chi connectivity index (χ0v) is 8.08. The van der Waals surface area contributed by atoms with Gasteiger partial charge in [-0.3, -0.25) is 4.98 Å². The van der Waals surface area contributed by atoms with Crippen LogP contribution in [0, 0.1) is 6.92 Å². The molecule has 0 unspecified atom stereocenters. The fourth-order valence-corrected chi connectivity index (χ4v) is 1.13. The molecule has 0 saturated heterocycles. The summed E-state index contributed by atoms with van der Waals surface area (Å²) in [4.78, 5) is 4.10. The van der Waals surface area contributed by atoms with Crippen molar-refractivity contribution in [1.82, 2.24) is 4.98 Å². The van der Waals surface area contributed by atoms with E-state index < -0.39 is 0 Å². The number of hydrogen-bond acceptors (Lipinski definition) is 3. The van der Waals surface area contributed by atoms with Crippen LogP contribution < -0.4 is 0 Å². The average Bonchev–Trinajstić information content (AvgIpc) is 2.15. The van der Waals surface area contributed by atoms with Gasteiger partial charge in [-0.15, -0.1) is 0 Å². The van der Waals surface area contributed by atoms with E-state index in [0.29, 0.717) is 13.2 Å². The van der Waals surface area contributed by atoms with Gasteiger partial charge in [-0.05, 0) is 25.5 Å². The number of nitrogens with zero attached hydrogens (tertiary/aromatic N) is 1. The average molecular weight is 181 g/mol. The molecular formula is C10H15NO2. The maximum Gasteiger partial charge on any atom is 0.0721 e. The molecule has 0 bridgehead atoms. The molecule has 0 atom stereocenters. The van der Waals surface area contributed by atoms with Crippen molar-refractivity contribution >= 4 is 0 Å². The SMILES string of the molecule is CCOCc1cc(C)ncc1CO. The smallest absolute Gasteiger partial charge is 0.0721 e. The molecule has 0 spiro atoms. The van der Waals surface area contributed by atoms with Crippen LogP contribution in [0.3, 0.4) is 0 Å². The van der Waals surface area contributed by atoms with Gasteiger partial charge in [-0.1, -0.05) is 0 Å². The molecule has 0 saturated carbocycles. The van der Waals surface area contributed by atoms with Gasteiger partial charge in [0.1, 0.15) is 0 Å². The predicted octanol–water partition coefficient (Wildman–Crippen LogP) is 1.42. The maximum absolute atomic E-state index is 9.01. The Morgan fingerprint density at radius 1 is 1.46 bits per heavy atom. The van der Waals surface area contributed by atoms with Crippen LogP contribution in [-0.4, -0.2) is 16.7 Å². The second-order valence-electron chi connectivity index (χ2n) is 2.89. The second-order valence-corrected chi connectivity index (χ2v) is 2.89. The zero-order chi connectivity index (χ0) is 9.68. The van der Waals surface area contributed by atoms with E-state index in [-0.39, 0.29) is 6.61 Å². The summed E-state index contributed by atoms with van der Waals surface area (Å²) in [5.74, 6) is 0. The number of pyridine rings is 1. The molecule has 1 aromatic heterocycles. The molecule has 1 aromatic rings. The van der Waals surface area contributed by atoms with Crippen molar-refractivity contribution in [2.45, 2.75) is 27.1 Å². The summed E-state index contributed by atoms with van der Waals surface area (Å²) in [7, 11) is 0. The summed E-state index contributed by atoms with van der Waals surface area (Å²) in [5.41, 5.74) is 2.82. The third kappa shape index (κ3) is 2.79. The minimum absolute atomic E-state index is 0.0235. The molecule has 1 heterocycles. The van der Waals surface area contributed by atoms with Gasteiger partial charge >= 0.3 is 0 Å². The number of rotatable bonds is 4. The van der Waals surface area contributed by atoms with E-state index in [4.69, 9.17) is 9.84 Å². The quantitative estimate of drug-likeness (QED) is 0.763. The Morgan fingerprint density at radius 3 is 2.85 bits per heavy atom. The lowest BCUT2D eigenvalue weighted by Crippen LogP contribution is -2.00. The van der Waals surface area contributed by atoms with Crippen LogP contribution in [0.1, 0.15) is 23.7 Å². The topological polar surface area (TPSA) is 42.4 Å². The summed E-state index contributed by atoms with van der Waals surface area (Å²) in [6, 6.07) is 1.95. The molecule has 0 fully saturated rings. The van der Waals surface area contributed by atoms with Gasteiger partial charge < -0.3 is 9.84 Å². The standard InChI is InChI=1S/C10H15NO2/c1-3-13-7-9-4-8(2)11-5-10(9)6-12/h4-5,12H,3,6-7H2,1-2H3. The van der Waals surface area contributed by atoms with E-state index in [0.717, 1.165) is 16.8 Å². The first kappa shape index (κ1) is 10.2. The van der Waals surface area contributed by atoms with Crippen molar-refractivity contribution in [1.29, 1.82) is 0 Å². The highest BCUT2D eigenvalue weighted by molar-refractivity contribution is 5.24. The third-order valence-corrected chi connectivity index (χ3v) is 1.85. The predicted molar refractivity (Wildman–Crippen MR) is 50.2 cm³/mol. The van der Waals surface area contributed by atoms with E-state index in [1.165, 1.54) is 0 Å². The number of aryl methyl sites for hydroxylation is 1. The number of ether oxygens (including phenoxy) is 1. The number of aromatic nitrogens is 1. The van der Waals surface area contributed by atoms with Crippen molar-refractivity contribution in [3.05, 3.63) is 29.1 Å². The fourth-order valence-electron chi connectivity index (χ4n) is 1.13. The Hall–Kier alpha value is -0.930. The number of hydrogen-bond donors (Lipinski definition) is 1. The van der Waals surface area contributed by atoms with Gasteiger partial charge in [0.25, 0.3) is 0 Å². The van der Waals surface area contributed by atoms with Crippen LogP contribution in [0.25, 0.3) is 0 Å². The molecule has 0 radical (unpaired) electrons. The van der Waals surface area contributed by atoms with Crippen LogP contribution in [0.2, 0.25) is 0 Å². The minimum atomic E-state index is 0.0235. The number of aliphatic hydroxyl groups excluding tert-OH is 1. The lowest BCUT2D eigenvalue weighted by molar-refractivity contribution is 0.132. The molecule has 0 aromatic carbocycles. The molecule has 72 valence electrons. The van der Waals surface area contributed by atoms with Crippen LogP contribution >= 0.6 is 0 Å². The Labute approximate surface area is 78.4 Å². The van der Waals surface area contributed by atoms with Crippen LogP contribution in [0.15, 0.2) is 12.3 Å². The highest BCUT2D eigenvalue weighted by Crippen LogP contribution is 2.10. The fraction of sp³-hybridized carbons (Fsp3) is 0.500. The summed E-state index contributed by atoms with van der Waals surface area (Å²) in [6.45, 7) is 5.14. The summed E-state index contributed by atoms with van der Waals surface area (Å²) in [6.07, 6.45) is 1.70. The molecule has 3 heteroatoms. The Morgan fingerprint density at radius 2 is 2.23 bits per heavy atom. The largest absolute Gasteiger partial charge is 0.392 e. The van der Waals surface area contributed by atoms with Crippen molar-refractivity contribution in [2.24, 2.45) is 0 Å². The maximum atomic E-state index is 9.01. The molecule has 0 aliphatic carbocycles. The van der Waals surface area contributed by atoms with Gasteiger partial charge in [0.2, 0.25) is 0 Å². The highest BCUT2D eigenvalue weighted by atomic mass is 16.5. The first-order valence-electron chi connectivity index (χ1n) is 4.41. The van der Waals surface area contributed by atoms with Gasteiger partial charge in [-0.25, -0.2) is 0 Å². The Bertz CT molecular complexity index is 274. The van der Waals surface area contributed by atoms with Crippen LogP contribution in [0.5, 0.6) is 0 Å². The van der Waals surface area contributed by atoms with E-state index in [9.17, 15) is 0 Å². The third-order valence-electron chi connectivity index (χ3n) is 1.85. The highest BCUT2D eigenvalue weighted by Gasteiger charge is 2.02. The molecular weight excluding hydrogens is 166 g/mol. The first-order chi connectivity index (χ1) is 6.27. The Balaban J connectivity index is 2.81. The summed E-state index contributed by atoms with van der Waals surface area (Å²) in [5, 5.41) is 9.01.